The van der Waals surface area contributed by atoms with Crippen molar-refractivity contribution in [2.24, 2.45) is 0 Å². The van der Waals surface area contributed by atoms with Gasteiger partial charge < -0.3 is 20.1 Å². The molecule has 2 N–H and O–H groups in total. The minimum Gasteiger partial charge on any atom is -0.493 e. The number of rotatable bonds is 6. The quantitative estimate of drug-likeness (QED) is 0.834. The van der Waals surface area contributed by atoms with Gasteiger partial charge in [0, 0.05) is 6.04 Å². The Morgan fingerprint density at radius 1 is 1.38 bits per heavy atom. The molecular weight excluding hydrogens is 268 g/mol. The lowest BCUT2D eigenvalue weighted by Crippen LogP contribution is -2.44. The Kier molecular flexibility index (Phi) is 5.44. The zero-order valence-electron chi connectivity index (χ0n) is 12.9. The second-order valence-corrected chi connectivity index (χ2v) is 5.45. The van der Waals surface area contributed by atoms with Crippen LogP contribution in [0, 0.1) is 0 Å². The van der Waals surface area contributed by atoms with E-state index in [1.165, 1.54) is 0 Å². The first-order valence-corrected chi connectivity index (χ1v) is 7.38. The Hall–Kier alpha value is -1.75. The van der Waals surface area contributed by atoms with E-state index in [0.29, 0.717) is 11.5 Å². The van der Waals surface area contributed by atoms with Gasteiger partial charge in [0.15, 0.2) is 11.5 Å². The van der Waals surface area contributed by atoms with Crippen LogP contribution in [-0.4, -0.2) is 38.8 Å². The van der Waals surface area contributed by atoms with Crippen molar-refractivity contribution < 1.29 is 14.3 Å². The maximum absolute atomic E-state index is 12.1. The van der Waals surface area contributed by atoms with Crippen LogP contribution in [0.15, 0.2) is 18.2 Å². The fraction of sp³-hybridized carbons (Fsp3) is 0.562. The van der Waals surface area contributed by atoms with E-state index in [1.807, 2.05) is 25.1 Å². The standard InChI is InChI=1S/C16H24N2O3/c1-11(18-16(19)13-5-4-8-17-13)9-12-6-7-14(20-2)15(10-12)21-3/h6-7,10-11,13,17H,4-5,8-9H2,1-3H3,(H,18,19). The van der Waals surface area contributed by atoms with Crippen molar-refractivity contribution in [1.29, 1.82) is 0 Å². The van der Waals surface area contributed by atoms with Crippen LogP contribution < -0.4 is 20.1 Å². The molecule has 1 heterocycles. The van der Waals surface area contributed by atoms with Crippen molar-refractivity contribution >= 4 is 5.91 Å². The van der Waals surface area contributed by atoms with E-state index in [4.69, 9.17) is 9.47 Å². The first-order valence-electron chi connectivity index (χ1n) is 7.38. The Bertz CT molecular complexity index is 484. The Morgan fingerprint density at radius 2 is 2.14 bits per heavy atom. The van der Waals surface area contributed by atoms with Gasteiger partial charge in [0.25, 0.3) is 0 Å². The summed E-state index contributed by atoms with van der Waals surface area (Å²) in [4.78, 5) is 12.1. The summed E-state index contributed by atoms with van der Waals surface area (Å²) in [7, 11) is 3.24. The fourth-order valence-electron chi connectivity index (χ4n) is 2.66. The van der Waals surface area contributed by atoms with Gasteiger partial charge >= 0.3 is 0 Å². The molecule has 0 aromatic heterocycles. The lowest BCUT2D eigenvalue weighted by molar-refractivity contribution is -0.123. The van der Waals surface area contributed by atoms with E-state index in [1.54, 1.807) is 14.2 Å². The molecule has 2 rings (SSSR count). The molecule has 0 radical (unpaired) electrons. The summed E-state index contributed by atoms with van der Waals surface area (Å²) in [6.07, 6.45) is 2.76. The molecule has 1 aromatic carbocycles. The van der Waals surface area contributed by atoms with Crippen molar-refractivity contribution in [3.63, 3.8) is 0 Å². The Balaban J connectivity index is 1.92. The number of hydrogen-bond acceptors (Lipinski definition) is 4. The smallest absolute Gasteiger partial charge is 0.237 e. The van der Waals surface area contributed by atoms with Gasteiger partial charge in [-0.3, -0.25) is 4.79 Å². The monoisotopic (exact) mass is 292 g/mol. The lowest BCUT2D eigenvalue weighted by atomic mass is 10.1. The van der Waals surface area contributed by atoms with Gasteiger partial charge in [-0.15, -0.1) is 0 Å². The highest BCUT2D eigenvalue weighted by Crippen LogP contribution is 2.27. The highest BCUT2D eigenvalue weighted by atomic mass is 16.5. The van der Waals surface area contributed by atoms with Gasteiger partial charge in [0.05, 0.1) is 20.3 Å². The molecule has 1 fully saturated rings. The van der Waals surface area contributed by atoms with E-state index in [-0.39, 0.29) is 18.0 Å². The van der Waals surface area contributed by atoms with Gasteiger partial charge in [-0.25, -0.2) is 0 Å². The predicted molar refractivity (Wildman–Crippen MR) is 81.9 cm³/mol. The number of ether oxygens (including phenoxy) is 2. The Labute approximate surface area is 126 Å². The van der Waals surface area contributed by atoms with E-state index in [0.717, 1.165) is 31.4 Å². The zero-order chi connectivity index (χ0) is 15.2. The summed E-state index contributed by atoms with van der Waals surface area (Å²) in [5.74, 6) is 1.53. The molecular formula is C16H24N2O3. The predicted octanol–water partition coefficient (Wildman–Crippen LogP) is 1.50. The topological polar surface area (TPSA) is 59.6 Å². The van der Waals surface area contributed by atoms with Crippen LogP contribution in [0.5, 0.6) is 11.5 Å². The summed E-state index contributed by atoms with van der Waals surface area (Å²) in [6, 6.07) is 5.89. The minimum absolute atomic E-state index is 0.0298. The molecule has 0 spiro atoms. The van der Waals surface area contributed by atoms with Gasteiger partial charge in [0.2, 0.25) is 5.91 Å². The van der Waals surface area contributed by atoms with Crippen LogP contribution in [0.25, 0.3) is 0 Å². The minimum atomic E-state index is -0.0298. The van der Waals surface area contributed by atoms with Crippen molar-refractivity contribution in [3.8, 4) is 11.5 Å². The summed E-state index contributed by atoms with van der Waals surface area (Å²) in [5, 5.41) is 6.27. The number of benzene rings is 1. The second-order valence-electron chi connectivity index (χ2n) is 5.45. The van der Waals surface area contributed by atoms with Crippen LogP contribution in [0.1, 0.15) is 25.3 Å². The van der Waals surface area contributed by atoms with Crippen molar-refractivity contribution in [2.75, 3.05) is 20.8 Å². The maximum atomic E-state index is 12.1. The van der Waals surface area contributed by atoms with Crippen LogP contribution in [0.3, 0.4) is 0 Å². The van der Waals surface area contributed by atoms with Gasteiger partial charge in [0.1, 0.15) is 0 Å². The maximum Gasteiger partial charge on any atom is 0.237 e. The third-order valence-corrected chi connectivity index (χ3v) is 3.76. The molecule has 2 unspecified atom stereocenters. The molecule has 0 saturated carbocycles. The van der Waals surface area contributed by atoms with E-state index in [2.05, 4.69) is 10.6 Å². The van der Waals surface area contributed by atoms with Crippen molar-refractivity contribution in [2.45, 2.75) is 38.3 Å². The average molecular weight is 292 g/mol. The second kappa shape index (κ2) is 7.31. The molecule has 5 heteroatoms. The van der Waals surface area contributed by atoms with Gasteiger partial charge in [-0.05, 0) is 50.4 Å². The van der Waals surface area contributed by atoms with Crippen molar-refractivity contribution in [3.05, 3.63) is 23.8 Å². The third-order valence-electron chi connectivity index (χ3n) is 3.76. The first kappa shape index (κ1) is 15.6. The number of nitrogens with one attached hydrogen (secondary N) is 2. The average Bonchev–Trinajstić information content (AvgIpc) is 3.01. The largest absolute Gasteiger partial charge is 0.493 e. The molecule has 1 saturated heterocycles. The van der Waals surface area contributed by atoms with E-state index >= 15 is 0 Å². The third kappa shape index (κ3) is 4.11. The van der Waals surface area contributed by atoms with Crippen molar-refractivity contribution in [1.82, 2.24) is 10.6 Å². The molecule has 2 atom stereocenters. The van der Waals surface area contributed by atoms with Crippen LogP contribution in [-0.2, 0) is 11.2 Å². The number of methoxy groups -OCH3 is 2. The first-order chi connectivity index (χ1) is 10.1. The summed E-state index contributed by atoms with van der Waals surface area (Å²) in [5.41, 5.74) is 1.11. The molecule has 1 aliphatic heterocycles. The van der Waals surface area contributed by atoms with Gasteiger partial charge in [-0.2, -0.15) is 0 Å². The summed E-state index contributed by atoms with van der Waals surface area (Å²) >= 11 is 0. The van der Waals surface area contributed by atoms with Crippen LogP contribution in [0.2, 0.25) is 0 Å². The highest BCUT2D eigenvalue weighted by Gasteiger charge is 2.23. The number of hydrogen-bond donors (Lipinski definition) is 2. The zero-order valence-corrected chi connectivity index (χ0v) is 12.9. The summed E-state index contributed by atoms with van der Waals surface area (Å²) in [6.45, 7) is 2.95. The SMILES string of the molecule is COc1ccc(CC(C)NC(=O)C2CCCN2)cc1OC. The van der Waals surface area contributed by atoms with Gasteiger partial charge in [-0.1, -0.05) is 6.07 Å². The molecule has 1 amide bonds. The fourth-order valence-corrected chi connectivity index (χ4v) is 2.66. The molecule has 21 heavy (non-hydrogen) atoms. The number of amides is 1. The summed E-state index contributed by atoms with van der Waals surface area (Å²) < 4.78 is 10.5. The molecule has 1 aromatic rings. The molecule has 0 aliphatic carbocycles. The number of carbonyl (C=O) groups excluding carboxylic acids is 1. The molecule has 1 aliphatic rings. The van der Waals surface area contributed by atoms with E-state index in [9.17, 15) is 4.79 Å². The number of carbonyl (C=O) groups is 1. The molecule has 0 bridgehead atoms. The Morgan fingerprint density at radius 3 is 2.76 bits per heavy atom. The van der Waals surface area contributed by atoms with E-state index < -0.39 is 0 Å². The van der Waals surface area contributed by atoms with Crippen LogP contribution >= 0.6 is 0 Å². The lowest BCUT2D eigenvalue weighted by Gasteiger charge is -2.18. The molecule has 5 nitrogen and oxygen atoms in total. The normalized spacial score (nSPS) is 19.1. The molecule has 116 valence electrons. The highest BCUT2D eigenvalue weighted by molar-refractivity contribution is 5.82. The van der Waals surface area contributed by atoms with Crippen LogP contribution in [0.4, 0.5) is 0 Å².